The molecule has 6 rings (SSSR count). The number of H-pyrrole nitrogens is 1. The second-order valence-electron chi connectivity index (χ2n) is 12.4. The number of nitrogens with zero attached hydrogens (tertiary/aromatic N) is 3. The third-order valence-corrected chi connectivity index (χ3v) is 9.63. The van der Waals surface area contributed by atoms with Gasteiger partial charge >= 0.3 is 0 Å². The number of hydrogen-bond donors (Lipinski definition) is 2. The summed E-state index contributed by atoms with van der Waals surface area (Å²) in [6.45, 7) is 4.05. The van der Waals surface area contributed by atoms with Crippen LogP contribution in [0.1, 0.15) is 36.8 Å². The number of hydrogen-bond acceptors (Lipinski definition) is 8. The van der Waals surface area contributed by atoms with E-state index < -0.39 is 5.41 Å². The van der Waals surface area contributed by atoms with Gasteiger partial charge in [0.25, 0.3) is 0 Å². The Kier molecular flexibility index (Phi) is 9.53. The molecule has 10 nitrogen and oxygen atoms in total. The topological polar surface area (TPSA) is 101 Å². The number of carbonyl (C=O) groups is 1. The van der Waals surface area contributed by atoms with Crippen molar-refractivity contribution in [3.05, 3.63) is 71.8 Å². The van der Waals surface area contributed by atoms with E-state index in [9.17, 15) is 4.79 Å². The predicted octanol–water partition coefficient (Wildman–Crippen LogP) is 5.53. The monoisotopic (exact) mass is 627 g/mol. The molecule has 2 saturated heterocycles. The lowest BCUT2D eigenvalue weighted by molar-refractivity contribution is -0.137. The zero-order chi connectivity index (χ0) is 32.1. The maximum atomic E-state index is 14.4. The van der Waals surface area contributed by atoms with E-state index in [1.807, 2.05) is 53.4 Å². The normalized spacial score (nSPS) is 19.0. The molecule has 4 aromatic rings. The Morgan fingerprint density at radius 3 is 2.26 bits per heavy atom. The summed E-state index contributed by atoms with van der Waals surface area (Å²) in [6.07, 6.45) is 4.39. The summed E-state index contributed by atoms with van der Waals surface area (Å²) in [5, 5.41) is 3.61. The molecular formula is C36H45N5O5. The molecule has 1 amide bonds. The standard InChI is InChI=1S/C36H45N5O5/c1-43-28-11-9-25(10-12-28)23-36(16-20-41(34(36)42)24-26-21-31(44-2)33(46-4)32(22-26)45-3)15-19-40-17-13-27(14-18-40)37-35-38-29-7-5-6-8-30(29)39-35/h5-12,21-22,27H,13-20,23-24H2,1-4H3,(H2,37,38,39). The Morgan fingerprint density at radius 2 is 1.61 bits per heavy atom. The minimum Gasteiger partial charge on any atom is -0.497 e. The number of piperidine rings is 1. The molecule has 0 aliphatic carbocycles. The van der Waals surface area contributed by atoms with Crippen LogP contribution in [0.5, 0.6) is 23.0 Å². The number of carbonyl (C=O) groups excluding carboxylic acids is 1. The molecule has 2 aliphatic heterocycles. The van der Waals surface area contributed by atoms with Crippen molar-refractivity contribution in [3.8, 4) is 23.0 Å². The molecule has 3 aromatic carbocycles. The molecular weight excluding hydrogens is 582 g/mol. The molecule has 1 unspecified atom stereocenters. The molecule has 0 saturated carbocycles. The number of rotatable bonds is 13. The van der Waals surface area contributed by atoms with Crippen LogP contribution in [0.25, 0.3) is 11.0 Å². The van der Waals surface area contributed by atoms with Gasteiger partial charge in [0, 0.05) is 32.2 Å². The van der Waals surface area contributed by atoms with Gasteiger partial charge in [-0.3, -0.25) is 4.79 Å². The number of imidazole rings is 1. The van der Waals surface area contributed by atoms with Crippen molar-refractivity contribution in [2.75, 3.05) is 59.9 Å². The van der Waals surface area contributed by atoms with E-state index in [0.717, 1.165) is 79.2 Å². The van der Waals surface area contributed by atoms with E-state index in [2.05, 4.69) is 27.3 Å². The number of ether oxygens (including phenoxy) is 4. The SMILES string of the molecule is COc1ccc(CC2(CCN3CCC(Nc4nc5ccccc5[nH]4)CC3)CCN(Cc3cc(OC)c(OC)c(OC)c3)C2=O)cc1. The Labute approximate surface area is 271 Å². The van der Waals surface area contributed by atoms with Crippen LogP contribution in [0.2, 0.25) is 0 Å². The average molecular weight is 628 g/mol. The number of benzene rings is 3. The molecule has 10 heteroatoms. The van der Waals surface area contributed by atoms with Crippen LogP contribution in [-0.4, -0.2) is 86.3 Å². The van der Waals surface area contributed by atoms with Crippen molar-refractivity contribution >= 4 is 22.9 Å². The Bertz CT molecular complexity index is 1570. The van der Waals surface area contributed by atoms with Crippen molar-refractivity contribution in [1.29, 1.82) is 0 Å². The molecule has 2 aliphatic rings. The zero-order valence-corrected chi connectivity index (χ0v) is 27.3. The van der Waals surface area contributed by atoms with Gasteiger partial charge in [-0.15, -0.1) is 0 Å². The van der Waals surface area contributed by atoms with Crippen molar-refractivity contribution < 1.29 is 23.7 Å². The summed E-state index contributed by atoms with van der Waals surface area (Å²) in [4.78, 5) is 27.0. The maximum Gasteiger partial charge on any atom is 0.229 e. The lowest BCUT2D eigenvalue weighted by atomic mass is 9.77. The van der Waals surface area contributed by atoms with Gasteiger partial charge in [0.05, 0.1) is 44.9 Å². The minimum absolute atomic E-state index is 0.207. The summed E-state index contributed by atoms with van der Waals surface area (Å²) in [6, 6.07) is 20.5. The largest absolute Gasteiger partial charge is 0.497 e. The van der Waals surface area contributed by atoms with Gasteiger partial charge in [0.15, 0.2) is 11.5 Å². The Hall–Kier alpha value is -4.44. The number of fused-ring (bicyclic) bond motifs is 1. The fourth-order valence-corrected chi connectivity index (χ4v) is 7.00. The fraction of sp³-hybridized carbons (Fsp3) is 0.444. The van der Waals surface area contributed by atoms with Crippen molar-refractivity contribution in [1.82, 2.24) is 19.8 Å². The number of likely N-dealkylation sites (tertiary alicyclic amines) is 2. The van der Waals surface area contributed by atoms with Crippen LogP contribution >= 0.6 is 0 Å². The van der Waals surface area contributed by atoms with Gasteiger partial charge in [-0.05, 0) is 86.2 Å². The predicted molar refractivity (Wildman–Crippen MR) is 179 cm³/mol. The lowest BCUT2D eigenvalue weighted by Crippen LogP contribution is -2.43. The molecule has 1 aromatic heterocycles. The van der Waals surface area contributed by atoms with Gasteiger partial charge in [0.1, 0.15) is 5.75 Å². The van der Waals surface area contributed by atoms with Crippen LogP contribution in [0.3, 0.4) is 0 Å². The van der Waals surface area contributed by atoms with Crippen LogP contribution < -0.4 is 24.3 Å². The van der Waals surface area contributed by atoms with Gasteiger partial charge in [-0.2, -0.15) is 0 Å². The van der Waals surface area contributed by atoms with Crippen LogP contribution in [0.4, 0.5) is 5.95 Å². The zero-order valence-electron chi connectivity index (χ0n) is 27.3. The molecule has 3 heterocycles. The van der Waals surface area contributed by atoms with E-state index in [0.29, 0.717) is 42.8 Å². The molecule has 2 fully saturated rings. The van der Waals surface area contributed by atoms with E-state index in [1.165, 1.54) is 0 Å². The maximum absolute atomic E-state index is 14.4. The molecule has 1 atom stereocenters. The van der Waals surface area contributed by atoms with E-state index in [-0.39, 0.29) is 5.91 Å². The first-order chi connectivity index (χ1) is 22.4. The third kappa shape index (κ3) is 6.72. The van der Waals surface area contributed by atoms with Crippen LogP contribution in [0.15, 0.2) is 60.7 Å². The van der Waals surface area contributed by atoms with Gasteiger partial charge < -0.3 is 39.0 Å². The summed E-state index contributed by atoms with van der Waals surface area (Å²) in [5.74, 6) is 3.59. The quantitative estimate of drug-likeness (QED) is 0.200. The Morgan fingerprint density at radius 1 is 0.891 bits per heavy atom. The van der Waals surface area contributed by atoms with Crippen molar-refractivity contribution in [2.24, 2.45) is 5.41 Å². The number of anilines is 1. The summed E-state index contributed by atoms with van der Waals surface area (Å²) in [5.41, 5.74) is 3.65. The summed E-state index contributed by atoms with van der Waals surface area (Å²) >= 11 is 0. The van der Waals surface area contributed by atoms with E-state index >= 15 is 0 Å². The lowest BCUT2D eigenvalue weighted by Gasteiger charge is -2.35. The van der Waals surface area contributed by atoms with Gasteiger partial charge in [0.2, 0.25) is 17.6 Å². The fourth-order valence-electron chi connectivity index (χ4n) is 7.00. The highest BCUT2D eigenvalue weighted by molar-refractivity contribution is 5.85. The minimum atomic E-state index is -0.474. The van der Waals surface area contributed by atoms with Crippen molar-refractivity contribution in [2.45, 2.75) is 44.7 Å². The number of para-hydroxylation sites is 2. The molecule has 244 valence electrons. The number of amides is 1. The molecule has 0 radical (unpaired) electrons. The van der Waals surface area contributed by atoms with Crippen LogP contribution in [-0.2, 0) is 17.8 Å². The smallest absolute Gasteiger partial charge is 0.229 e. The van der Waals surface area contributed by atoms with Gasteiger partial charge in [-0.25, -0.2) is 4.98 Å². The van der Waals surface area contributed by atoms with Crippen molar-refractivity contribution in [3.63, 3.8) is 0 Å². The first-order valence-electron chi connectivity index (χ1n) is 16.1. The first-order valence-corrected chi connectivity index (χ1v) is 16.1. The number of aromatic amines is 1. The number of methoxy groups -OCH3 is 4. The molecule has 2 N–H and O–H groups in total. The number of aromatic nitrogens is 2. The summed E-state index contributed by atoms with van der Waals surface area (Å²) in [7, 11) is 6.49. The Balaban J connectivity index is 1.13. The van der Waals surface area contributed by atoms with Crippen LogP contribution in [0, 0.1) is 5.41 Å². The van der Waals surface area contributed by atoms with E-state index in [4.69, 9.17) is 23.9 Å². The summed E-state index contributed by atoms with van der Waals surface area (Å²) < 4.78 is 22.0. The highest BCUT2D eigenvalue weighted by Crippen LogP contribution is 2.42. The second-order valence-corrected chi connectivity index (χ2v) is 12.4. The molecule has 0 spiro atoms. The number of nitrogens with one attached hydrogen (secondary N) is 2. The third-order valence-electron chi connectivity index (χ3n) is 9.63. The second kappa shape index (κ2) is 13.9. The highest BCUT2D eigenvalue weighted by atomic mass is 16.5. The van der Waals surface area contributed by atoms with Gasteiger partial charge in [-0.1, -0.05) is 24.3 Å². The van der Waals surface area contributed by atoms with E-state index in [1.54, 1.807) is 28.4 Å². The molecule has 46 heavy (non-hydrogen) atoms. The first kappa shape index (κ1) is 31.5. The highest BCUT2D eigenvalue weighted by Gasteiger charge is 2.46. The molecule has 0 bridgehead atoms. The average Bonchev–Trinajstić information content (AvgIpc) is 3.64.